The largest absolute Gasteiger partial charge is 0.459 e. The highest BCUT2D eigenvalue weighted by Crippen LogP contribution is 2.64. The average molecular weight is 670 g/mol. The fourth-order valence-corrected chi connectivity index (χ4v) is 11.4. The molecule has 0 unspecified atom stereocenters. The first-order valence-electron chi connectivity index (χ1n) is 19.0. The summed E-state index contributed by atoms with van der Waals surface area (Å²) >= 11 is 0. The normalized spacial score (nSPS) is 38.2. The van der Waals surface area contributed by atoms with E-state index in [-0.39, 0.29) is 43.1 Å². The lowest BCUT2D eigenvalue weighted by molar-refractivity contribution is -0.190. The van der Waals surface area contributed by atoms with Gasteiger partial charge in [-0.3, -0.25) is 19.3 Å². The van der Waals surface area contributed by atoms with E-state index in [0.717, 1.165) is 69.8 Å². The molecule has 4 aliphatic carbocycles. The van der Waals surface area contributed by atoms with E-state index in [1.165, 1.54) is 24.9 Å². The molecule has 7 rings (SSSR count). The fraction of sp³-hybridized carbons (Fsp3) is 0.838. The third-order valence-corrected chi connectivity index (χ3v) is 13.3. The van der Waals surface area contributed by atoms with Gasteiger partial charge in [0.05, 0.1) is 24.7 Å². The highest BCUT2D eigenvalue weighted by atomic mass is 16.6. The number of rotatable bonds is 7. The smallest absolute Gasteiger partial charge is 0.421 e. The Balaban J connectivity index is 1.42. The molecule has 0 radical (unpaired) electrons. The van der Waals surface area contributed by atoms with Crippen LogP contribution in [0.3, 0.4) is 0 Å². The second-order valence-electron chi connectivity index (χ2n) is 15.7. The number of hydrogen-bond acceptors (Lipinski definition) is 9. The minimum absolute atomic E-state index is 0.00812. The van der Waals surface area contributed by atoms with Crippen LogP contribution in [0.1, 0.15) is 116 Å². The van der Waals surface area contributed by atoms with Crippen LogP contribution in [0.2, 0.25) is 0 Å². The number of carbonyl (C=O) groups excluding carboxylic acids is 4. The van der Waals surface area contributed by atoms with Crippen LogP contribution >= 0.6 is 0 Å². The quantitative estimate of drug-likeness (QED) is 0.293. The first-order valence-corrected chi connectivity index (χ1v) is 19.0. The molecule has 11 nitrogen and oxygen atoms in total. The van der Waals surface area contributed by atoms with Crippen molar-refractivity contribution in [3.8, 4) is 0 Å². The number of carbonyl (C=O) groups is 4. The molecule has 0 aromatic carbocycles. The fourth-order valence-electron chi connectivity index (χ4n) is 11.4. The van der Waals surface area contributed by atoms with Crippen molar-refractivity contribution in [1.82, 2.24) is 9.80 Å². The van der Waals surface area contributed by atoms with Gasteiger partial charge in [-0.05, 0) is 100 Å². The molecule has 11 heteroatoms. The number of morpholine rings is 1. The first-order chi connectivity index (χ1) is 23.3. The summed E-state index contributed by atoms with van der Waals surface area (Å²) in [6.45, 7) is 0.181. The number of amides is 3. The maximum absolute atomic E-state index is 15.4. The van der Waals surface area contributed by atoms with Crippen LogP contribution < -0.4 is 5.73 Å². The average Bonchev–Trinajstić information content (AvgIpc) is 3.56. The molecule has 3 saturated carbocycles. The third kappa shape index (κ3) is 5.50. The molecule has 0 bridgehead atoms. The highest BCUT2D eigenvalue weighted by molar-refractivity contribution is 6.07. The number of fused-ring (bicyclic) bond motifs is 2. The Kier molecular flexibility index (Phi) is 9.92. The Morgan fingerprint density at radius 1 is 0.854 bits per heavy atom. The van der Waals surface area contributed by atoms with E-state index in [2.05, 4.69) is 4.90 Å². The van der Waals surface area contributed by atoms with Gasteiger partial charge >= 0.3 is 12.1 Å². The van der Waals surface area contributed by atoms with E-state index >= 15 is 4.79 Å². The van der Waals surface area contributed by atoms with E-state index in [0.29, 0.717) is 44.2 Å². The molecule has 3 aliphatic heterocycles. The van der Waals surface area contributed by atoms with E-state index in [1.807, 2.05) is 0 Å². The Morgan fingerprint density at radius 2 is 1.50 bits per heavy atom. The maximum atomic E-state index is 15.4. The molecule has 48 heavy (non-hydrogen) atoms. The molecule has 3 amide bonds. The van der Waals surface area contributed by atoms with Crippen LogP contribution in [-0.4, -0.2) is 89.4 Å². The minimum atomic E-state index is -1.48. The number of primary amides is 1. The Morgan fingerprint density at radius 3 is 2.15 bits per heavy atom. The van der Waals surface area contributed by atoms with Crippen molar-refractivity contribution < 1.29 is 38.5 Å². The highest BCUT2D eigenvalue weighted by Gasteiger charge is 2.76. The summed E-state index contributed by atoms with van der Waals surface area (Å²) in [7, 11) is 1.52. The van der Waals surface area contributed by atoms with Crippen molar-refractivity contribution in [3.05, 3.63) is 11.3 Å². The summed E-state index contributed by atoms with van der Waals surface area (Å²) in [5.41, 5.74) is 6.33. The van der Waals surface area contributed by atoms with E-state index < -0.39 is 53.4 Å². The van der Waals surface area contributed by atoms with E-state index in [4.69, 9.17) is 19.9 Å². The van der Waals surface area contributed by atoms with Crippen LogP contribution in [0.25, 0.3) is 0 Å². The Bertz CT molecular complexity index is 1280. The van der Waals surface area contributed by atoms with E-state index in [1.54, 1.807) is 0 Å². The number of nitrogens with zero attached hydrogens (tertiary/aromatic N) is 2. The van der Waals surface area contributed by atoms with Crippen LogP contribution in [-0.2, 0) is 28.6 Å². The summed E-state index contributed by atoms with van der Waals surface area (Å²) in [4.78, 5) is 61.4. The number of nitrogens with two attached hydrogens (primary N) is 1. The van der Waals surface area contributed by atoms with Gasteiger partial charge in [-0.15, -0.1) is 0 Å². The van der Waals surface area contributed by atoms with Crippen molar-refractivity contribution in [2.75, 3.05) is 20.3 Å². The maximum Gasteiger partial charge on any atom is 0.421 e. The monoisotopic (exact) mass is 669 g/mol. The molecule has 0 aromatic rings. The SMILES string of the molecule is COCCOC(=O)N1C(=O)[C@@]2(C3=C1CCCC3)[C@H](C1CCC(O)CC1)N1[C@H](C3CCCCC3)[C@H](C3CCCCC3)OC(=O)[C@H]1[C@@H]2C(N)=O. The van der Waals surface area contributed by atoms with Crippen molar-refractivity contribution in [3.63, 3.8) is 0 Å². The van der Waals surface area contributed by atoms with Gasteiger partial charge in [0.25, 0.3) is 0 Å². The summed E-state index contributed by atoms with van der Waals surface area (Å²) in [6, 6.07) is -1.67. The van der Waals surface area contributed by atoms with Crippen LogP contribution in [0.4, 0.5) is 4.79 Å². The zero-order valence-corrected chi connectivity index (χ0v) is 28.6. The minimum Gasteiger partial charge on any atom is -0.459 e. The zero-order chi connectivity index (χ0) is 33.6. The van der Waals surface area contributed by atoms with Gasteiger partial charge < -0.3 is 25.1 Å². The molecule has 1 spiro atoms. The predicted molar refractivity (Wildman–Crippen MR) is 175 cm³/mol. The zero-order valence-electron chi connectivity index (χ0n) is 28.6. The predicted octanol–water partition coefficient (Wildman–Crippen LogP) is 4.59. The molecular formula is C37H55N3O8. The van der Waals surface area contributed by atoms with Crippen molar-refractivity contribution in [2.24, 2.45) is 34.8 Å². The molecule has 3 N–H and O–H groups in total. The van der Waals surface area contributed by atoms with Crippen molar-refractivity contribution in [2.45, 2.75) is 146 Å². The lowest BCUT2D eigenvalue weighted by atomic mass is 9.60. The van der Waals surface area contributed by atoms with Gasteiger partial charge in [-0.1, -0.05) is 38.5 Å². The van der Waals surface area contributed by atoms with Crippen LogP contribution in [0.5, 0.6) is 0 Å². The number of hydrogen-bond donors (Lipinski definition) is 2. The van der Waals surface area contributed by atoms with Crippen molar-refractivity contribution >= 4 is 23.9 Å². The molecular weight excluding hydrogens is 614 g/mol. The van der Waals surface area contributed by atoms with Gasteiger partial charge in [0, 0.05) is 18.8 Å². The lowest BCUT2D eigenvalue weighted by Gasteiger charge is -2.53. The molecule has 6 atom stereocenters. The first kappa shape index (κ1) is 34.0. The second kappa shape index (κ2) is 14.0. The number of aliphatic hydroxyl groups excluding tert-OH is 1. The molecule has 3 heterocycles. The number of imide groups is 1. The van der Waals surface area contributed by atoms with E-state index in [9.17, 15) is 19.5 Å². The van der Waals surface area contributed by atoms with Gasteiger partial charge in [0.2, 0.25) is 11.8 Å². The number of ether oxygens (including phenoxy) is 3. The van der Waals surface area contributed by atoms with Gasteiger partial charge in [-0.25, -0.2) is 9.69 Å². The van der Waals surface area contributed by atoms with Gasteiger partial charge in [-0.2, -0.15) is 0 Å². The number of cyclic esters (lactones) is 1. The third-order valence-electron chi connectivity index (χ3n) is 13.3. The molecule has 266 valence electrons. The second-order valence-corrected chi connectivity index (χ2v) is 15.7. The Hall–Kier alpha value is -2.50. The number of aliphatic hydroxyl groups is 1. The standard InChI is InChI=1S/C37H55N3O8/c1-46-20-21-47-36(45)39-27-15-9-8-14-26(27)37(35(39)44)28(33(38)42)30-34(43)48-31(23-12-6-3-7-13-23)29(22-10-4-2-5-11-22)40(30)32(37)24-16-18-25(41)19-17-24/h22-25,28-32,41H,2-21H2,1H3,(H2,38,42)/t24?,25?,28-,29-,30-,31+,32+,37-/m1/s1. The molecule has 2 saturated heterocycles. The van der Waals surface area contributed by atoms with Crippen molar-refractivity contribution in [1.29, 1.82) is 0 Å². The lowest BCUT2D eigenvalue weighted by Crippen LogP contribution is -2.66. The van der Waals surface area contributed by atoms with Gasteiger partial charge in [0.1, 0.15) is 24.2 Å². The van der Waals surface area contributed by atoms with Crippen LogP contribution in [0.15, 0.2) is 11.3 Å². The molecule has 7 aliphatic rings. The summed E-state index contributed by atoms with van der Waals surface area (Å²) in [5.74, 6) is -2.39. The molecule has 5 fully saturated rings. The number of methoxy groups -OCH3 is 1. The Labute approximate surface area is 284 Å². The molecule has 0 aromatic heterocycles. The number of allylic oxidation sites excluding steroid dienone is 1. The summed E-state index contributed by atoms with van der Waals surface area (Å²) in [5, 5.41) is 10.6. The summed E-state index contributed by atoms with van der Waals surface area (Å²) in [6.07, 6.45) is 14.5. The topological polar surface area (TPSA) is 149 Å². The van der Waals surface area contributed by atoms with Gasteiger partial charge in [0.15, 0.2) is 0 Å². The number of esters is 1. The van der Waals surface area contributed by atoms with Crippen LogP contribution in [0, 0.1) is 29.1 Å². The summed E-state index contributed by atoms with van der Waals surface area (Å²) < 4.78 is 17.3.